The maximum absolute atomic E-state index is 12.6. The highest BCUT2D eigenvalue weighted by Crippen LogP contribution is 2.25. The molecule has 1 atom stereocenters. The highest BCUT2D eigenvalue weighted by molar-refractivity contribution is 6.05. The molecule has 0 radical (unpaired) electrons. The minimum absolute atomic E-state index is 0.0524. The Hall–Kier alpha value is -2.39. The molecule has 1 aliphatic heterocycles. The molecule has 0 bridgehead atoms. The summed E-state index contributed by atoms with van der Waals surface area (Å²) >= 11 is 0. The third-order valence-electron chi connectivity index (χ3n) is 3.93. The molecule has 1 unspecified atom stereocenters. The van der Waals surface area contributed by atoms with Crippen LogP contribution in [0.15, 0.2) is 66.7 Å². The molecule has 0 spiro atoms. The first-order chi connectivity index (χ1) is 10.7. The highest BCUT2D eigenvalue weighted by atomic mass is 16.1. The summed E-state index contributed by atoms with van der Waals surface area (Å²) in [6, 6.07) is 17.4. The molecule has 3 nitrogen and oxygen atoms in total. The van der Waals surface area contributed by atoms with Crippen LogP contribution in [-0.4, -0.2) is 30.9 Å². The topological polar surface area (TPSA) is 32.3 Å². The van der Waals surface area contributed by atoms with Gasteiger partial charge in [-0.3, -0.25) is 4.79 Å². The van der Waals surface area contributed by atoms with E-state index in [4.69, 9.17) is 0 Å². The molecule has 0 aromatic heterocycles. The average Bonchev–Trinajstić information content (AvgIpc) is 2.56. The van der Waals surface area contributed by atoms with Crippen molar-refractivity contribution < 1.29 is 4.79 Å². The predicted molar refractivity (Wildman–Crippen MR) is 90.2 cm³/mol. The van der Waals surface area contributed by atoms with Crippen molar-refractivity contribution in [3.05, 3.63) is 77.9 Å². The number of para-hydroxylation sites is 1. The van der Waals surface area contributed by atoms with Crippen molar-refractivity contribution in [2.75, 3.05) is 25.5 Å². The Morgan fingerprint density at radius 1 is 1.09 bits per heavy atom. The largest absolute Gasteiger partial charge is 0.322 e. The molecule has 2 aromatic rings. The number of nitrogens with zero attached hydrogens (tertiary/aromatic N) is 1. The van der Waals surface area contributed by atoms with Gasteiger partial charge in [0.15, 0.2) is 0 Å². The Kier molecular flexibility index (Phi) is 4.35. The summed E-state index contributed by atoms with van der Waals surface area (Å²) in [5, 5.41) is 2.97. The van der Waals surface area contributed by atoms with Crippen LogP contribution in [0.3, 0.4) is 0 Å². The molecular weight excluding hydrogens is 272 g/mol. The van der Waals surface area contributed by atoms with Crippen molar-refractivity contribution in [2.45, 2.75) is 5.92 Å². The number of nitrogens with one attached hydrogen (secondary N) is 1. The van der Waals surface area contributed by atoms with Gasteiger partial charge in [0.25, 0.3) is 5.91 Å². The molecule has 1 amide bonds. The Morgan fingerprint density at radius 3 is 2.59 bits per heavy atom. The zero-order valence-corrected chi connectivity index (χ0v) is 12.7. The summed E-state index contributed by atoms with van der Waals surface area (Å²) in [6.45, 7) is 1.90. The molecule has 3 rings (SSSR count). The van der Waals surface area contributed by atoms with E-state index in [9.17, 15) is 4.79 Å². The molecule has 0 fully saturated rings. The molecule has 1 aliphatic rings. The van der Waals surface area contributed by atoms with Crippen LogP contribution in [-0.2, 0) is 0 Å². The van der Waals surface area contributed by atoms with E-state index in [0.29, 0.717) is 0 Å². The van der Waals surface area contributed by atoms with E-state index in [1.807, 2.05) is 54.6 Å². The number of rotatable bonds is 3. The van der Waals surface area contributed by atoms with Crippen LogP contribution in [0.25, 0.3) is 0 Å². The van der Waals surface area contributed by atoms with Gasteiger partial charge in [0.1, 0.15) is 0 Å². The number of anilines is 1. The van der Waals surface area contributed by atoms with Crippen LogP contribution < -0.4 is 5.32 Å². The quantitative estimate of drug-likeness (QED) is 0.878. The van der Waals surface area contributed by atoms with Crippen molar-refractivity contribution in [3.8, 4) is 0 Å². The highest BCUT2D eigenvalue weighted by Gasteiger charge is 2.20. The van der Waals surface area contributed by atoms with Gasteiger partial charge in [-0.1, -0.05) is 48.6 Å². The molecule has 0 saturated heterocycles. The SMILES string of the molecule is CN1CC=CC(c2ccccc2C(=O)Nc2ccccc2)C1. The zero-order chi connectivity index (χ0) is 15.4. The van der Waals surface area contributed by atoms with Crippen LogP contribution in [0, 0.1) is 0 Å². The Labute approximate surface area is 131 Å². The second kappa shape index (κ2) is 6.58. The first-order valence-corrected chi connectivity index (χ1v) is 7.54. The summed E-state index contributed by atoms with van der Waals surface area (Å²) in [7, 11) is 2.10. The summed E-state index contributed by atoms with van der Waals surface area (Å²) in [4.78, 5) is 14.9. The molecule has 3 heteroatoms. The Morgan fingerprint density at radius 2 is 1.82 bits per heavy atom. The van der Waals surface area contributed by atoms with Gasteiger partial charge in [-0.15, -0.1) is 0 Å². The summed E-state index contributed by atoms with van der Waals surface area (Å²) in [5.41, 5.74) is 2.65. The van der Waals surface area contributed by atoms with Gasteiger partial charge in [0, 0.05) is 30.3 Å². The minimum Gasteiger partial charge on any atom is -0.322 e. The lowest BCUT2D eigenvalue weighted by molar-refractivity contribution is 0.102. The van der Waals surface area contributed by atoms with Crippen molar-refractivity contribution in [1.82, 2.24) is 4.90 Å². The van der Waals surface area contributed by atoms with Gasteiger partial charge >= 0.3 is 0 Å². The lowest BCUT2D eigenvalue weighted by Gasteiger charge is -2.26. The number of carbonyl (C=O) groups is 1. The summed E-state index contributed by atoms with van der Waals surface area (Å²) in [6.07, 6.45) is 4.37. The van der Waals surface area contributed by atoms with E-state index >= 15 is 0 Å². The second-order valence-electron chi connectivity index (χ2n) is 5.66. The van der Waals surface area contributed by atoms with E-state index in [-0.39, 0.29) is 11.8 Å². The number of amides is 1. The van der Waals surface area contributed by atoms with E-state index in [0.717, 1.165) is 29.9 Å². The van der Waals surface area contributed by atoms with E-state index in [1.54, 1.807) is 0 Å². The third kappa shape index (κ3) is 3.26. The number of likely N-dealkylation sites (N-methyl/N-ethyl adjacent to an activating group) is 1. The van der Waals surface area contributed by atoms with Gasteiger partial charge in [-0.05, 0) is 30.8 Å². The number of hydrogen-bond donors (Lipinski definition) is 1. The normalized spacial score (nSPS) is 18.1. The number of carbonyl (C=O) groups excluding carboxylic acids is 1. The Bertz CT molecular complexity index is 679. The fourth-order valence-electron chi connectivity index (χ4n) is 2.83. The molecule has 2 aromatic carbocycles. The lowest BCUT2D eigenvalue weighted by atomic mass is 9.91. The lowest BCUT2D eigenvalue weighted by Crippen LogP contribution is -2.28. The first kappa shape index (κ1) is 14.5. The number of benzene rings is 2. The molecule has 22 heavy (non-hydrogen) atoms. The first-order valence-electron chi connectivity index (χ1n) is 7.54. The van der Waals surface area contributed by atoms with Crippen LogP contribution in [0.5, 0.6) is 0 Å². The Balaban J connectivity index is 1.86. The third-order valence-corrected chi connectivity index (χ3v) is 3.93. The van der Waals surface area contributed by atoms with Crippen LogP contribution in [0.4, 0.5) is 5.69 Å². The van der Waals surface area contributed by atoms with Crippen LogP contribution >= 0.6 is 0 Å². The van der Waals surface area contributed by atoms with Gasteiger partial charge in [-0.25, -0.2) is 0 Å². The molecule has 1 N–H and O–H groups in total. The van der Waals surface area contributed by atoms with Gasteiger partial charge < -0.3 is 10.2 Å². The van der Waals surface area contributed by atoms with Gasteiger partial charge in [0.05, 0.1) is 0 Å². The monoisotopic (exact) mass is 292 g/mol. The zero-order valence-electron chi connectivity index (χ0n) is 12.7. The average molecular weight is 292 g/mol. The fraction of sp³-hybridized carbons (Fsp3) is 0.211. The fourth-order valence-corrected chi connectivity index (χ4v) is 2.83. The maximum atomic E-state index is 12.6. The molecule has 0 aliphatic carbocycles. The smallest absolute Gasteiger partial charge is 0.255 e. The molecule has 0 saturated carbocycles. The minimum atomic E-state index is -0.0524. The van der Waals surface area contributed by atoms with Gasteiger partial charge in [0.2, 0.25) is 0 Å². The van der Waals surface area contributed by atoms with Gasteiger partial charge in [-0.2, -0.15) is 0 Å². The van der Waals surface area contributed by atoms with Crippen LogP contribution in [0.1, 0.15) is 21.8 Å². The summed E-state index contributed by atoms with van der Waals surface area (Å²) < 4.78 is 0. The van der Waals surface area contributed by atoms with Crippen molar-refractivity contribution in [3.63, 3.8) is 0 Å². The standard InChI is InChI=1S/C19H20N2O/c1-21-13-7-8-15(14-21)17-11-5-6-12-18(17)19(22)20-16-9-3-2-4-10-16/h2-12,15H,13-14H2,1H3,(H,20,22). The maximum Gasteiger partial charge on any atom is 0.255 e. The molecule has 112 valence electrons. The van der Waals surface area contributed by atoms with E-state index < -0.39 is 0 Å². The number of hydrogen-bond acceptors (Lipinski definition) is 2. The van der Waals surface area contributed by atoms with E-state index in [1.165, 1.54) is 0 Å². The molecule has 1 heterocycles. The van der Waals surface area contributed by atoms with Crippen molar-refractivity contribution >= 4 is 11.6 Å². The predicted octanol–water partition coefficient (Wildman–Crippen LogP) is 3.52. The van der Waals surface area contributed by atoms with Crippen molar-refractivity contribution in [2.24, 2.45) is 0 Å². The van der Waals surface area contributed by atoms with E-state index in [2.05, 4.69) is 29.4 Å². The molecular formula is C19H20N2O. The second-order valence-corrected chi connectivity index (χ2v) is 5.66. The summed E-state index contributed by atoms with van der Waals surface area (Å²) in [5.74, 6) is 0.208. The van der Waals surface area contributed by atoms with Crippen molar-refractivity contribution in [1.29, 1.82) is 0 Å². The van der Waals surface area contributed by atoms with Crippen LogP contribution in [0.2, 0.25) is 0 Å².